The van der Waals surface area contributed by atoms with Gasteiger partial charge in [-0.25, -0.2) is 9.37 Å². The van der Waals surface area contributed by atoms with E-state index in [1.54, 1.807) is 25.1 Å². The van der Waals surface area contributed by atoms with Gasteiger partial charge in [0, 0.05) is 5.56 Å². The van der Waals surface area contributed by atoms with E-state index in [1.165, 1.54) is 12.1 Å². The standard InChI is InChI=1S/C14H12F4N2/c1-9(11-4-2-3-5-12(11)15)20-10-6-7-13(19-8-10)14(16,17)18/h2-9,20H,1H3. The van der Waals surface area contributed by atoms with E-state index in [-0.39, 0.29) is 11.9 Å². The van der Waals surface area contributed by atoms with Gasteiger partial charge in [0.15, 0.2) is 0 Å². The molecule has 0 fully saturated rings. The van der Waals surface area contributed by atoms with Gasteiger partial charge in [0.2, 0.25) is 0 Å². The number of benzene rings is 1. The number of pyridine rings is 1. The number of aromatic nitrogens is 1. The van der Waals surface area contributed by atoms with Gasteiger partial charge in [-0.15, -0.1) is 0 Å². The summed E-state index contributed by atoms with van der Waals surface area (Å²) in [5, 5.41) is 2.91. The van der Waals surface area contributed by atoms with Gasteiger partial charge >= 0.3 is 6.18 Å². The summed E-state index contributed by atoms with van der Waals surface area (Å²) in [7, 11) is 0. The minimum absolute atomic E-state index is 0.368. The lowest BCUT2D eigenvalue weighted by Crippen LogP contribution is -2.11. The Morgan fingerprint density at radius 1 is 1.10 bits per heavy atom. The smallest absolute Gasteiger partial charge is 0.377 e. The first-order valence-electron chi connectivity index (χ1n) is 5.92. The molecule has 2 nitrogen and oxygen atoms in total. The SMILES string of the molecule is CC(Nc1ccc(C(F)(F)F)nc1)c1ccccc1F. The highest BCUT2D eigenvalue weighted by atomic mass is 19.4. The highest BCUT2D eigenvalue weighted by Crippen LogP contribution is 2.28. The summed E-state index contributed by atoms with van der Waals surface area (Å²) in [6.45, 7) is 1.72. The van der Waals surface area contributed by atoms with E-state index < -0.39 is 11.9 Å². The normalized spacial score (nSPS) is 13.1. The lowest BCUT2D eigenvalue weighted by atomic mass is 10.1. The second kappa shape index (κ2) is 5.48. The number of nitrogens with zero attached hydrogens (tertiary/aromatic N) is 1. The molecular formula is C14H12F4N2. The number of nitrogens with one attached hydrogen (secondary N) is 1. The summed E-state index contributed by atoms with van der Waals surface area (Å²) in [5.74, 6) is -0.368. The topological polar surface area (TPSA) is 24.9 Å². The summed E-state index contributed by atoms with van der Waals surface area (Å²) in [6, 6.07) is 7.99. The molecule has 0 aliphatic heterocycles. The fourth-order valence-corrected chi connectivity index (χ4v) is 1.80. The molecule has 1 heterocycles. The lowest BCUT2D eigenvalue weighted by Gasteiger charge is -2.16. The Morgan fingerprint density at radius 3 is 2.35 bits per heavy atom. The second-order valence-electron chi connectivity index (χ2n) is 4.32. The lowest BCUT2D eigenvalue weighted by molar-refractivity contribution is -0.141. The predicted molar refractivity (Wildman–Crippen MR) is 67.7 cm³/mol. The first-order valence-corrected chi connectivity index (χ1v) is 5.92. The van der Waals surface area contributed by atoms with Crippen LogP contribution in [0, 0.1) is 5.82 Å². The van der Waals surface area contributed by atoms with E-state index in [4.69, 9.17) is 0 Å². The van der Waals surface area contributed by atoms with Crippen molar-refractivity contribution in [2.45, 2.75) is 19.1 Å². The number of hydrogen-bond acceptors (Lipinski definition) is 2. The Kier molecular flexibility index (Phi) is 3.92. The van der Waals surface area contributed by atoms with Gasteiger partial charge in [0.1, 0.15) is 11.5 Å². The Morgan fingerprint density at radius 2 is 1.80 bits per heavy atom. The third-order valence-electron chi connectivity index (χ3n) is 2.81. The van der Waals surface area contributed by atoms with Crippen LogP contribution in [0.25, 0.3) is 0 Å². The van der Waals surface area contributed by atoms with Crippen LogP contribution in [0.2, 0.25) is 0 Å². The highest BCUT2D eigenvalue weighted by molar-refractivity contribution is 5.44. The Labute approximate surface area is 113 Å². The number of halogens is 4. The van der Waals surface area contributed by atoms with Gasteiger partial charge in [-0.2, -0.15) is 13.2 Å². The van der Waals surface area contributed by atoms with Gasteiger partial charge in [-0.1, -0.05) is 18.2 Å². The molecule has 0 amide bonds. The zero-order chi connectivity index (χ0) is 14.8. The van der Waals surface area contributed by atoms with Crippen molar-refractivity contribution in [2.75, 3.05) is 5.32 Å². The van der Waals surface area contributed by atoms with Crippen molar-refractivity contribution in [1.82, 2.24) is 4.98 Å². The molecule has 1 atom stereocenters. The van der Waals surface area contributed by atoms with E-state index in [2.05, 4.69) is 10.3 Å². The molecule has 6 heteroatoms. The first-order chi connectivity index (χ1) is 9.38. The molecule has 2 aromatic rings. The van der Waals surface area contributed by atoms with Crippen molar-refractivity contribution < 1.29 is 17.6 Å². The summed E-state index contributed by atoms with van der Waals surface area (Å²) < 4.78 is 50.7. The molecule has 1 unspecified atom stereocenters. The Balaban J connectivity index is 2.13. The number of alkyl halides is 3. The molecule has 20 heavy (non-hydrogen) atoms. The predicted octanol–water partition coefficient (Wildman–Crippen LogP) is 4.41. The van der Waals surface area contributed by atoms with Crippen LogP contribution in [0.15, 0.2) is 42.6 Å². The minimum Gasteiger partial charge on any atom is -0.377 e. The molecule has 106 valence electrons. The molecule has 0 spiro atoms. The van der Waals surface area contributed by atoms with Gasteiger partial charge in [0.05, 0.1) is 17.9 Å². The monoisotopic (exact) mass is 284 g/mol. The van der Waals surface area contributed by atoms with Crippen LogP contribution in [0.1, 0.15) is 24.2 Å². The fourth-order valence-electron chi connectivity index (χ4n) is 1.80. The quantitative estimate of drug-likeness (QED) is 0.844. The van der Waals surface area contributed by atoms with Crippen molar-refractivity contribution in [1.29, 1.82) is 0 Å². The maximum Gasteiger partial charge on any atom is 0.433 e. The Bertz CT molecular complexity index is 578. The van der Waals surface area contributed by atoms with E-state index >= 15 is 0 Å². The van der Waals surface area contributed by atoms with Crippen molar-refractivity contribution >= 4 is 5.69 Å². The average Bonchev–Trinajstić information content (AvgIpc) is 2.38. The maximum atomic E-state index is 13.6. The molecule has 0 saturated heterocycles. The molecule has 0 aliphatic rings. The maximum absolute atomic E-state index is 13.6. The Hall–Kier alpha value is -2.11. The molecular weight excluding hydrogens is 272 g/mol. The van der Waals surface area contributed by atoms with E-state index in [0.29, 0.717) is 11.3 Å². The van der Waals surface area contributed by atoms with Crippen LogP contribution in [0.5, 0.6) is 0 Å². The van der Waals surface area contributed by atoms with E-state index in [0.717, 1.165) is 12.3 Å². The van der Waals surface area contributed by atoms with Crippen LogP contribution in [0.3, 0.4) is 0 Å². The molecule has 2 rings (SSSR count). The van der Waals surface area contributed by atoms with Gasteiger partial charge < -0.3 is 5.32 Å². The van der Waals surface area contributed by atoms with Crippen LogP contribution >= 0.6 is 0 Å². The first kappa shape index (κ1) is 14.3. The van der Waals surface area contributed by atoms with E-state index in [9.17, 15) is 17.6 Å². The average molecular weight is 284 g/mol. The van der Waals surface area contributed by atoms with Crippen LogP contribution < -0.4 is 5.32 Å². The van der Waals surface area contributed by atoms with Crippen molar-refractivity contribution in [3.05, 3.63) is 59.7 Å². The summed E-state index contributed by atoms with van der Waals surface area (Å²) in [5.41, 5.74) is -0.122. The second-order valence-corrected chi connectivity index (χ2v) is 4.32. The molecule has 1 aromatic heterocycles. The van der Waals surface area contributed by atoms with Gasteiger partial charge in [-0.3, -0.25) is 0 Å². The van der Waals surface area contributed by atoms with Crippen molar-refractivity contribution in [3.8, 4) is 0 Å². The fraction of sp³-hybridized carbons (Fsp3) is 0.214. The summed E-state index contributed by atoms with van der Waals surface area (Å²) in [6.07, 6.45) is -3.38. The summed E-state index contributed by atoms with van der Waals surface area (Å²) in [4.78, 5) is 3.34. The molecule has 0 bridgehead atoms. The number of anilines is 1. The van der Waals surface area contributed by atoms with Gasteiger partial charge in [-0.05, 0) is 25.1 Å². The third kappa shape index (κ3) is 3.26. The van der Waals surface area contributed by atoms with Gasteiger partial charge in [0.25, 0.3) is 0 Å². The van der Waals surface area contributed by atoms with Crippen molar-refractivity contribution in [2.24, 2.45) is 0 Å². The minimum atomic E-state index is -4.46. The zero-order valence-corrected chi connectivity index (χ0v) is 10.6. The molecule has 1 aromatic carbocycles. The number of rotatable bonds is 3. The molecule has 0 radical (unpaired) electrons. The molecule has 0 saturated carbocycles. The number of hydrogen-bond donors (Lipinski definition) is 1. The molecule has 1 N–H and O–H groups in total. The zero-order valence-electron chi connectivity index (χ0n) is 10.6. The highest BCUT2D eigenvalue weighted by Gasteiger charge is 2.32. The third-order valence-corrected chi connectivity index (χ3v) is 2.81. The van der Waals surface area contributed by atoms with Crippen molar-refractivity contribution in [3.63, 3.8) is 0 Å². The molecule has 0 aliphatic carbocycles. The van der Waals surface area contributed by atoms with Crippen LogP contribution in [-0.4, -0.2) is 4.98 Å². The van der Waals surface area contributed by atoms with E-state index in [1.807, 2.05) is 0 Å². The van der Waals surface area contributed by atoms with Crippen LogP contribution in [0.4, 0.5) is 23.2 Å². The van der Waals surface area contributed by atoms with Crippen LogP contribution in [-0.2, 0) is 6.18 Å². The largest absolute Gasteiger partial charge is 0.433 e. The summed E-state index contributed by atoms with van der Waals surface area (Å²) >= 11 is 0.